The number of fused-ring (bicyclic) bond motifs is 3. The Labute approximate surface area is 90.5 Å². The molecule has 0 N–H and O–H groups in total. The summed E-state index contributed by atoms with van der Waals surface area (Å²) in [5, 5.41) is 0. The molecule has 1 radical (unpaired) electrons. The summed E-state index contributed by atoms with van der Waals surface area (Å²) in [6, 6.07) is 17.0. The molecule has 0 nitrogen and oxygen atoms in total. The van der Waals surface area contributed by atoms with Crippen molar-refractivity contribution in [3.63, 3.8) is 0 Å². The molecule has 0 unspecified atom stereocenters. The van der Waals surface area contributed by atoms with Crippen LogP contribution in [0.4, 0.5) is 0 Å². The smallest absolute Gasteiger partial charge is 0.116 e. The SMILES string of the molecule is [B]1C=Cc2ccccc2-c2ccccc21. The molecule has 1 heteroatoms. The van der Waals surface area contributed by atoms with Gasteiger partial charge in [0, 0.05) is 0 Å². The predicted octanol–water partition coefficient (Wildman–Crippen LogP) is 2.67. The first-order valence-corrected chi connectivity index (χ1v) is 5.15. The van der Waals surface area contributed by atoms with Crippen LogP contribution < -0.4 is 5.46 Å². The third-order valence-corrected chi connectivity index (χ3v) is 2.76. The van der Waals surface area contributed by atoms with E-state index in [1.165, 1.54) is 22.2 Å². The second-order valence-electron chi connectivity index (χ2n) is 3.70. The topological polar surface area (TPSA) is 0 Å². The van der Waals surface area contributed by atoms with Crippen LogP contribution in [0.25, 0.3) is 17.2 Å². The molecule has 1 aliphatic rings. The lowest BCUT2D eigenvalue weighted by Gasteiger charge is -2.08. The second kappa shape index (κ2) is 3.43. The highest BCUT2D eigenvalue weighted by Gasteiger charge is 2.09. The predicted molar refractivity (Wildman–Crippen MR) is 66.3 cm³/mol. The molecule has 0 saturated heterocycles. The maximum absolute atomic E-state index is 2.18. The summed E-state index contributed by atoms with van der Waals surface area (Å²) in [5.74, 6) is 2.12. The maximum atomic E-state index is 2.18. The fourth-order valence-electron chi connectivity index (χ4n) is 2.03. The van der Waals surface area contributed by atoms with Crippen LogP contribution in [0.2, 0.25) is 0 Å². The Kier molecular flexibility index (Phi) is 1.95. The Morgan fingerprint density at radius 3 is 2.40 bits per heavy atom. The zero-order valence-corrected chi connectivity index (χ0v) is 8.35. The molecule has 0 aromatic heterocycles. The third-order valence-electron chi connectivity index (χ3n) is 2.76. The molecule has 1 aliphatic heterocycles. The summed E-state index contributed by atoms with van der Waals surface area (Å²) in [4.78, 5) is 0. The second-order valence-corrected chi connectivity index (χ2v) is 3.70. The van der Waals surface area contributed by atoms with Crippen LogP contribution in [0.3, 0.4) is 0 Å². The van der Waals surface area contributed by atoms with Gasteiger partial charge in [-0.3, -0.25) is 0 Å². The molecule has 0 fully saturated rings. The van der Waals surface area contributed by atoms with Crippen molar-refractivity contribution in [1.82, 2.24) is 0 Å². The molecule has 2 aromatic rings. The van der Waals surface area contributed by atoms with E-state index in [1.54, 1.807) is 0 Å². The first-order valence-electron chi connectivity index (χ1n) is 5.15. The zero-order chi connectivity index (χ0) is 10.1. The normalized spacial score (nSPS) is 12.3. The van der Waals surface area contributed by atoms with Crippen molar-refractivity contribution in [1.29, 1.82) is 0 Å². The number of rotatable bonds is 0. The molecule has 69 valence electrons. The Hall–Kier alpha value is -1.76. The van der Waals surface area contributed by atoms with E-state index in [0.29, 0.717) is 0 Å². The first-order chi connectivity index (χ1) is 7.45. The lowest BCUT2D eigenvalue weighted by Crippen LogP contribution is -2.13. The van der Waals surface area contributed by atoms with E-state index in [-0.39, 0.29) is 0 Å². The van der Waals surface area contributed by atoms with E-state index in [4.69, 9.17) is 0 Å². The van der Waals surface area contributed by atoms with E-state index in [0.717, 1.165) is 0 Å². The van der Waals surface area contributed by atoms with Gasteiger partial charge in [-0.25, -0.2) is 0 Å². The van der Waals surface area contributed by atoms with Crippen LogP contribution in [0.5, 0.6) is 0 Å². The van der Waals surface area contributed by atoms with Gasteiger partial charge in [0.05, 0.1) is 0 Å². The van der Waals surface area contributed by atoms with Crippen molar-refractivity contribution in [3.8, 4) is 11.1 Å². The van der Waals surface area contributed by atoms with Crippen molar-refractivity contribution in [2.75, 3.05) is 0 Å². The van der Waals surface area contributed by atoms with E-state index < -0.39 is 0 Å². The number of hydrogen-bond acceptors (Lipinski definition) is 0. The molecule has 0 amide bonds. The van der Waals surface area contributed by atoms with Gasteiger partial charge in [-0.15, -0.1) is 5.98 Å². The van der Waals surface area contributed by atoms with E-state index in [2.05, 4.69) is 67.9 Å². The van der Waals surface area contributed by atoms with Gasteiger partial charge in [0.15, 0.2) is 7.28 Å². The van der Waals surface area contributed by atoms with Gasteiger partial charge in [-0.05, 0) is 16.7 Å². The summed E-state index contributed by atoms with van der Waals surface area (Å²) in [6.45, 7) is 0. The summed E-state index contributed by atoms with van der Waals surface area (Å²) in [6.07, 6.45) is 2.16. The third kappa shape index (κ3) is 1.40. The lowest BCUT2D eigenvalue weighted by molar-refractivity contribution is 1.62. The van der Waals surface area contributed by atoms with E-state index >= 15 is 0 Å². The van der Waals surface area contributed by atoms with Crippen LogP contribution in [0, 0.1) is 0 Å². The molecule has 0 saturated carbocycles. The van der Waals surface area contributed by atoms with Crippen molar-refractivity contribution >= 4 is 18.8 Å². The zero-order valence-electron chi connectivity index (χ0n) is 8.35. The quantitative estimate of drug-likeness (QED) is 0.559. The molecule has 0 spiro atoms. The molecule has 2 aromatic carbocycles. The summed E-state index contributed by atoms with van der Waals surface area (Å²) in [7, 11) is 2.16. The average Bonchev–Trinajstić information content (AvgIpc) is 2.48. The Bertz CT molecular complexity index is 526. The Balaban J connectivity index is 2.33. The molecular weight excluding hydrogens is 179 g/mol. The van der Waals surface area contributed by atoms with E-state index in [1.807, 2.05) is 0 Å². The average molecular weight is 189 g/mol. The van der Waals surface area contributed by atoms with Gasteiger partial charge in [-0.1, -0.05) is 60.1 Å². The van der Waals surface area contributed by atoms with Crippen LogP contribution in [-0.4, -0.2) is 7.28 Å². The Morgan fingerprint density at radius 2 is 1.47 bits per heavy atom. The first kappa shape index (κ1) is 8.54. The van der Waals surface area contributed by atoms with Crippen LogP contribution in [0.1, 0.15) is 5.56 Å². The summed E-state index contributed by atoms with van der Waals surface area (Å²) in [5.41, 5.74) is 5.22. The molecule has 0 bridgehead atoms. The van der Waals surface area contributed by atoms with Gasteiger partial charge >= 0.3 is 0 Å². The van der Waals surface area contributed by atoms with Gasteiger partial charge in [-0.2, -0.15) is 0 Å². The summed E-state index contributed by atoms with van der Waals surface area (Å²) >= 11 is 0. The molecule has 3 rings (SSSR count). The summed E-state index contributed by atoms with van der Waals surface area (Å²) < 4.78 is 0. The number of benzene rings is 2. The fourth-order valence-corrected chi connectivity index (χ4v) is 2.03. The van der Waals surface area contributed by atoms with Crippen LogP contribution in [-0.2, 0) is 0 Å². The van der Waals surface area contributed by atoms with Crippen molar-refractivity contribution in [2.24, 2.45) is 0 Å². The van der Waals surface area contributed by atoms with E-state index in [9.17, 15) is 0 Å². The highest BCUT2D eigenvalue weighted by atomic mass is 14.1. The highest BCUT2D eigenvalue weighted by Crippen LogP contribution is 2.24. The minimum absolute atomic E-state index is 1.29. The van der Waals surface area contributed by atoms with Crippen molar-refractivity contribution in [3.05, 3.63) is 60.1 Å². The van der Waals surface area contributed by atoms with Gasteiger partial charge < -0.3 is 0 Å². The van der Waals surface area contributed by atoms with Crippen molar-refractivity contribution in [2.45, 2.75) is 0 Å². The van der Waals surface area contributed by atoms with Gasteiger partial charge in [0.2, 0.25) is 0 Å². The monoisotopic (exact) mass is 189 g/mol. The molecule has 15 heavy (non-hydrogen) atoms. The molecule has 1 heterocycles. The molecule has 0 atom stereocenters. The van der Waals surface area contributed by atoms with Gasteiger partial charge in [0.25, 0.3) is 0 Å². The molecular formula is C14H10B. The largest absolute Gasteiger partial charge is 0.182 e. The van der Waals surface area contributed by atoms with Crippen LogP contribution >= 0.6 is 0 Å². The minimum atomic E-state index is 1.29. The highest BCUT2D eigenvalue weighted by molar-refractivity contribution is 6.61. The maximum Gasteiger partial charge on any atom is 0.182 e. The number of hydrogen-bond donors (Lipinski definition) is 0. The Morgan fingerprint density at radius 1 is 0.733 bits per heavy atom. The minimum Gasteiger partial charge on any atom is -0.116 e. The standard InChI is InChI=1S/C14H10B/c1-2-6-12-11(5-1)9-10-15-14-8-4-3-7-13(12)14/h1-10H. The van der Waals surface area contributed by atoms with Gasteiger partial charge in [0.1, 0.15) is 0 Å². The van der Waals surface area contributed by atoms with Crippen molar-refractivity contribution < 1.29 is 0 Å². The van der Waals surface area contributed by atoms with Crippen LogP contribution in [0.15, 0.2) is 54.5 Å². The lowest BCUT2D eigenvalue weighted by atomic mass is 9.68. The fraction of sp³-hybridized carbons (Fsp3) is 0. The molecule has 0 aliphatic carbocycles.